The van der Waals surface area contributed by atoms with Crippen molar-refractivity contribution in [1.82, 2.24) is 4.98 Å². The summed E-state index contributed by atoms with van der Waals surface area (Å²) in [6.45, 7) is 7.62. The summed E-state index contributed by atoms with van der Waals surface area (Å²) in [5.74, 6) is 3.01. The molecule has 0 aliphatic carbocycles. The van der Waals surface area contributed by atoms with Gasteiger partial charge in [0.15, 0.2) is 0 Å². The molecule has 2 N–H and O–H groups in total. The highest BCUT2D eigenvalue weighted by Gasteiger charge is 2.06. The van der Waals surface area contributed by atoms with Crippen LogP contribution in [0.3, 0.4) is 0 Å². The maximum Gasteiger partial charge on any atom is 0.125 e. The third-order valence-corrected chi connectivity index (χ3v) is 1.85. The molecule has 0 spiro atoms. The zero-order chi connectivity index (χ0) is 10.0. The predicted octanol–water partition coefficient (Wildman–Crippen LogP) is 1.99. The molecule has 2 heteroatoms. The number of nitrogens with zero attached hydrogens (tertiary/aromatic N) is 1. The highest BCUT2D eigenvalue weighted by atomic mass is 14.8. The van der Waals surface area contributed by atoms with E-state index in [1.54, 1.807) is 6.07 Å². The Morgan fingerprint density at radius 1 is 1.69 bits per heavy atom. The summed E-state index contributed by atoms with van der Waals surface area (Å²) in [7, 11) is 0. The fourth-order valence-electron chi connectivity index (χ4n) is 1.19. The molecule has 0 bridgehead atoms. The van der Waals surface area contributed by atoms with Gasteiger partial charge in [-0.1, -0.05) is 12.5 Å². The molecule has 0 saturated carbocycles. The number of hydrogen-bond donors (Lipinski definition) is 1. The molecule has 0 aliphatic rings. The van der Waals surface area contributed by atoms with Gasteiger partial charge >= 0.3 is 0 Å². The Hall–Kier alpha value is -1.75. The van der Waals surface area contributed by atoms with E-state index in [4.69, 9.17) is 12.2 Å². The second-order valence-electron chi connectivity index (χ2n) is 2.99. The monoisotopic (exact) mass is 172 g/mol. The Bertz CT molecular complexity index is 397. The third kappa shape index (κ3) is 1.70. The molecule has 66 valence electrons. The van der Waals surface area contributed by atoms with Crippen LogP contribution < -0.4 is 5.73 Å². The van der Waals surface area contributed by atoms with Gasteiger partial charge in [0.2, 0.25) is 0 Å². The molecule has 2 nitrogen and oxygen atoms in total. The average Bonchev–Trinajstić information content (AvgIpc) is 2.08. The summed E-state index contributed by atoms with van der Waals surface area (Å²) in [6, 6.07) is 1.70. The van der Waals surface area contributed by atoms with Crippen LogP contribution in [0, 0.1) is 19.3 Å². The first-order valence-electron chi connectivity index (χ1n) is 3.96. The standard InChI is InChI=1S/C11H12N2/c1-5-9-6-10(12)13-11(7(2)3)8(9)4/h1,6H,2H2,3-4H3,(H2,12,13). The Morgan fingerprint density at radius 3 is 2.77 bits per heavy atom. The lowest BCUT2D eigenvalue weighted by molar-refractivity contribution is 1.21. The minimum absolute atomic E-state index is 0.441. The topological polar surface area (TPSA) is 38.9 Å². The van der Waals surface area contributed by atoms with Crippen molar-refractivity contribution in [2.75, 3.05) is 5.73 Å². The Morgan fingerprint density at radius 2 is 2.31 bits per heavy atom. The molecule has 0 saturated heterocycles. The van der Waals surface area contributed by atoms with Gasteiger partial charge < -0.3 is 5.73 Å². The molecule has 0 radical (unpaired) electrons. The molecule has 0 aromatic carbocycles. The molecular weight excluding hydrogens is 160 g/mol. The van der Waals surface area contributed by atoms with E-state index in [2.05, 4.69) is 17.5 Å². The first-order chi connectivity index (χ1) is 6.06. The predicted molar refractivity (Wildman–Crippen MR) is 56.0 cm³/mol. The minimum atomic E-state index is 0.441. The number of nitrogens with two attached hydrogens (primary N) is 1. The first kappa shape index (κ1) is 9.34. The molecule has 1 aromatic heterocycles. The fourth-order valence-corrected chi connectivity index (χ4v) is 1.19. The average molecular weight is 172 g/mol. The summed E-state index contributed by atoms with van der Waals surface area (Å²) in [5, 5.41) is 0. The van der Waals surface area contributed by atoms with Gasteiger partial charge in [-0.3, -0.25) is 0 Å². The molecule has 13 heavy (non-hydrogen) atoms. The van der Waals surface area contributed by atoms with Crippen LogP contribution in [-0.4, -0.2) is 4.98 Å². The molecule has 1 aromatic rings. The number of pyridine rings is 1. The number of hydrogen-bond acceptors (Lipinski definition) is 2. The van der Waals surface area contributed by atoms with Crippen LogP contribution in [-0.2, 0) is 0 Å². The molecule has 0 fully saturated rings. The molecule has 1 rings (SSSR count). The lowest BCUT2D eigenvalue weighted by Crippen LogP contribution is -1.99. The van der Waals surface area contributed by atoms with Gasteiger partial charge in [-0.25, -0.2) is 4.98 Å². The molecular formula is C11H12N2. The third-order valence-electron chi connectivity index (χ3n) is 1.85. The Kier molecular flexibility index (Phi) is 2.39. The van der Waals surface area contributed by atoms with Gasteiger partial charge in [0.1, 0.15) is 5.82 Å². The Balaban J connectivity index is 3.47. The second kappa shape index (κ2) is 3.32. The van der Waals surface area contributed by atoms with Crippen LogP contribution >= 0.6 is 0 Å². The van der Waals surface area contributed by atoms with E-state index in [1.807, 2.05) is 13.8 Å². The summed E-state index contributed by atoms with van der Waals surface area (Å²) in [5.41, 5.74) is 9.01. The smallest absolute Gasteiger partial charge is 0.125 e. The maximum absolute atomic E-state index is 5.59. The molecule has 0 amide bonds. The zero-order valence-corrected chi connectivity index (χ0v) is 7.89. The van der Waals surface area contributed by atoms with Gasteiger partial charge in [0, 0.05) is 5.56 Å². The van der Waals surface area contributed by atoms with Crippen molar-refractivity contribution in [3.63, 3.8) is 0 Å². The summed E-state index contributed by atoms with van der Waals surface area (Å²) in [4.78, 5) is 4.16. The number of nitrogen functional groups attached to an aromatic ring is 1. The van der Waals surface area contributed by atoms with Gasteiger partial charge in [0.25, 0.3) is 0 Å². The van der Waals surface area contributed by atoms with Crippen LogP contribution in [0.15, 0.2) is 12.6 Å². The maximum atomic E-state index is 5.59. The molecule has 0 unspecified atom stereocenters. The van der Waals surface area contributed by atoms with Crippen LogP contribution in [0.2, 0.25) is 0 Å². The molecule has 0 atom stereocenters. The summed E-state index contributed by atoms with van der Waals surface area (Å²) < 4.78 is 0. The van der Waals surface area contributed by atoms with E-state index in [0.29, 0.717) is 5.82 Å². The van der Waals surface area contributed by atoms with Crippen molar-refractivity contribution < 1.29 is 0 Å². The molecule has 1 heterocycles. The van der Waals surface area contributed by atoms with Crippen LogP contribution in [0.4, 0.5) is 5.82 Å². The molecule has 0 aliphatic heterocycles. The van der Waals surface area contributed by atoms with Crippen molar-refractivity contribution in [2.45, 2.75) is 13.8 Å². The number of terminal acetylenes is 1. The highest BCUT2D eigenvalue weighted by molar-refractivity contribution is 5.65. The minimum Gasteiger partial charge on any atom is -0.384 e. The van der Waals surface area contributed by atoms with Crippen molar-refractivity contribution in [3.05, 3.63) is 29.5 Å². The largest absolute Gasteiger partial charge is 0.384 e. The Labute approximate surface area is 78.5 Å². The van der Waals surface area contributed by atoms with E-state index in [-0.39, 0.29) is 0 Å². The lowest BCUT2D eigenvalue weighted by atomic mass is 10.0. The van der Waals surface area contributed by atoms with E-state index in [0.717, 1.165) is 22.4 Å². The van der Waals surface area contributed by atoms with Crippen molar-refractivity contribution >= 4 is 11.4 Å². The van der Waals surface area contributed by atoms with E-state index >= 15 is 0 Å². The van der Waals surface area contributed by atoms with E-state index in [1.165, 1.54) is 0 Å². The highest BCUT2D eigenvalue weighted by Crippen LogP contribution is 2.19. The summed E-state index contributed by atoms with van der Waals surface area (Å²) >= 11 is 0. The SMILES string of the molecule is C#Cc1cc(N)nc(C(=C)C)c1C. The van der Waals surface area contributed by atoms with Gasteiger partial charge in [-0.05, 0) is 31.1 Å². The van der Waals surface area contributed by atoms with E-state index < -0.39 is 0 Å². The fraction of sp³-hybridized carbons (Fsp3) is 0.182. The zero-order valence-electron chi connectivity index (χ0n) is 7.89. The second-order valence-corrected chi connectivity index (χ2v) is 2.99. The van der Waals surface area contributed by atoms with Gasteiger partial charge in [0.05, 0.1) is 5.69 Å². The van der Waals surface area contributed by atoms with Crippen LogP contribution in [0.25, 0.3) is 5.57 Å². The van der Waals surface area contributed by atoms with Crippen LogP contribution in [0.5, 0.6) is 0 Å². The van der Waals surface area contributed by atoms with E-state index in [9.17, 15) is 0 Å². The van der Waals surface area contributed by atoms with Crippen molar-refractivity contribution in [1.29, 1.82) is 0 Å². The number of aromatic nitrogens is 1. The number of rotatable bonds is 1. The normalized spacial score (nSPS) is 9.31. The first-order valence-corrected chi connectivity index (χ1v) is 3.96. The van der Waals surface area contributed by atoms with Crippen molar-refractivity contribution in [2.24, 2.45) is 0 Å². The lowest BCUT2D eigenvalue weighted by Gasteiger charge is -2.07. The number of anilines is 1. The van der Waals surface area contributed by atoms with Crippen molar-refractivity contribution in [3.8, 4) is 12.3 Å². The number of allylic oxidation sites excluding steroid dienone is 1. The van der Waals surface area contributed by atoms with Gasteiger partial charge in [-0.15, -0.1) is 6.42 Å². The quantitative estimate of drug-likeness (QED) is 0.658. The van der Waals surface area contributed by atoms with Crippen LogP contribution in [0.1, 0.15) is 23.7 Å². The van der Waals surface area contributed by atoms with Gasteiger partial charge in [-0.2, -0.15) is 0 Å². The summed E-state index contributed by atoms with van der Waals surface area (Å²) in [6.07, 6.45) is 5.33.